The molecule has 2 aliphatic heterocycles. The largest absolute Gasteiger partial charge is 0.415 e. The van der Waals surface area contributed by atoms with Crippen LogP contribution in [0.4, 0.5) is 10.6 Å². The van der Waals surface area contributed by atoms with Crippen LogP contribution < -0.4 is 15.8 Å². The van der Waals surface area contributed by atoms with Crippen LogP contribution in [0, 0.1) is 31.6 Å². The smallest absolute Gasteiger partial charge is 0.410 e. The fraction of sp³-hybridized carbons (Fsp3) is 0.500. The van der Waals surface area contributed by atoms with Crippen molar-refractivity contribution in [2.45, 2.75) is 76.5 Å². The van der Waals surface area contributed by atoms with Crippen molar-refractivity contribution in [3.63, 3.8) is 0 Å². The Morgan fingerprint density at radius 2 is 1.88 bits per heavy atom. The SMILES string of the molecule is Cc1ccc(OC(=O)N2CCC(CC#Cc3nc(N)c4ncn([C@@H]5O[C@H](C(=O)NC6CC6)[C@@H](O)[C@H]5O)c4n3)CC2)cc1C. The number of benzene rings is 1. The zero-order valence-corrected chi connectivity index (χ0v) is 24.1. The zero-order chi connectivity index (χ0) is 30.2. The van der Waals surface area contributed by atoms with Gasteiger partial charge in [-0.15, -0.1) is 0 Å². The number of fused-ring (bicyclic) bond motifs is 1. The number of rotatable bonds is 5. The first-order valence-corrected chi connectivity index (χ1v) is 14.5. The van der Waals surface area contributed by atoms with Crippen molar-refractivity contribution in [3.8, 4) is 17.6 Å². The van der Waals surface area contributed by atoms with Crippen LogP contribution in [0.5, 0.6) is 5.75 Å². The molecule has 3 aromatic rings. The Morgan fingerprint density at radius 3 is 2.60 bits per heavy atom. The number of aliphatic hydroxyl groups is 2. The van der Waals surface area contributed by atoms with Crippen molar-refractivity contribution >= 4 is 29.0 Å². The number of hydrogen-bond donors (Lipinski definition) is 4. The molecule has 2 aromatic heterocycles. The maximum Gasteiger partial charge on any atom is 0.415 e. The quantitative estimate of drug-likeness (QED) is 0.319. The van der Waals surface area contributed by atoms with Gasteiger partial charge in [0.1, 0.15) is 23.5 Å². The fourth-order valence-electron chi connectivity index (χ4n) is 5.33. The molecular weight excluding hydrogens is 554 g/mol. The van der Waals surface area contributed by atoms with Gasteiger partial charge in [0, 0.05) is 25.6 Å². The molecule has 1 aromatic carbocycles. The van der Waals surface area contributed by atoms with E-state index in [2.05, 4.69) is 32.1 Å². The van der Waals surface area contributed by atoms with Crippen molar-refractivity contribution in [1.82, 2.24) is 29.7 Å². The van der Waals surface area contributed by atoms with Crippen LogP contribution >= 0.6 is 0 Å². The third kappa shape index (κ3) is 6.13. The number of nitrogens with one attached hydrogen (secondary N) is 1. The summed E-state index contributed by atoms with van der Waals surface area (Å²) in [5.74, 6) is 6.77. The molecule has 5 N–H and O–H groups in total. The standard InChI is InChI=1S/C30H35N7O6/c1-16-6-9-20(14-17(16)2)42-30(41)36-12-10-18(11-13-36)4-3-5-21-34-26(31)22-27(35-21)37(15-32-22)29-24(39)23(38)25(43-29)28(40)33-19-7-8-19/h6,9,14-15,18-19,23-25,29,38-39H,4,7-8,10-13H2,1-2H3,(H,33,40)(H2,31,34,35)/t23-,24+,25-,29+/m0/s1. The highest BCUT2D eigenvalue weighted by Crippen LogP contribution is 2.33. The Kier molecular flexibility index (Phi) is 7.91. The second-order valence-electron chi connectivity index (χ2n) is 11.5. The molecule has 3 fully saturated rings. The number of ether oxygens (including phenoxy) is 2. The number of aryl methyl sites for hydroxylation is 2. The van der Waals surface area contributed by atoms with Crippen LogP contribution in [0.2, 0.25) is 0 Å². The van der Waals surface area contributed by atoms with Gasteiger partial charge in [-0.2, -0.15) is 0 Å². The van der Waals surface area contributed by atoms with E-state index in [9.17, 15) is 19.8 Å². The molecule has 0 spiro atoms. The Labute approximate surface area is 248 Å². The van der Waals surface area contributed by atoms with E-state index in [0.29, 0.717) is 36.7 Å². The minimum atomic E-state index is -1.42. The van der Waals surface area contributed by atoms with Gasteiger partial charge in [0.15, 0.2) is 23.8 Å². The first-order chi connectivity index (χ1) is 20.7. The third-order valence-electron chi connectivity index (χ3n) is 8.29. The number of imidazole rings is 1. The second kappa shape index (κ2) is 11.8. The topological polar surface area (TPSA) is 178 Å². The van der Waals surface area contributed by atoms with E-state index >= 15 is 0 Å². The van der Waals surface area contributed by atoms with Crippen LogP contribution in [0.1, 0.15) is 55.3 Å². The van der Waals surface area contributed by atoms with E-state index in [-0.39, 0.29) is 29.4 Å². The Morgan fingerprint density at radius 1 is 1.12 bits per heavy atom. The van der Waals surface area contributed by atoms with Gasteiger partial charge in [0.05, 0.1) is 6.33 Å². The first kappa shape index (κ1) is 28.9. The highest BCUT2D eigenvalue weighted by Gasteiger charge is 2.48. The number of carbonyl (C=O) groups excluding carboxylic acids is 2. The van der Waals surface area contributed by atoms with Gasteiger partial charge >= 0.3 is 6.09 Å². The van der Waals surface area contributed by atoms with Crippen molar-refractivity contribution in [1.29, 1.82) is 0 Å². The number of aliphatic hydroxyl groups excluding tert-OH is 2. The molecule has 2 saturated heterocycles. The fourth-order valence-corrected chi connectivity index (χ4v) is 5.33. The summed E-state index contributed by atoms with van der Waals surface area (Å²) in [5.41, 5.74) is 8.91. The van der Waals surface area contributed by atoms with E-state index in [0.717, 1.165) is 36.8 Å². The molecule has 6 rings (SSSR count). The number of amides is 2. The average molecular weight is 590 g/mol. The lowest BCUT2D eigenvalue weighted by atomic mass is 9.94. The van der Waals surface area contributed by atoms with E-state index in [1.165, 1.54) is 10.9 Å². The second-order valence-corrected chi connectivity index (χ2v) is 11.5. The summed E-state index contributed by atoms with van der Waals surface area (Å²) in [7, 11) is 0. The molecule has 1 aliphatic carbocycles. The summed E-state index contributed by atoms with van der Waals surface area (Å²) in [6, 6.07) is 5.69. The minimum Gasteiger partial charge on any atom is -0.410 e. The van der Waals surface area contributed by atoms with E-state index in [1.54, 1.807) is 11.0 Å². The van der Waals surface area contributed by atoms with Crippen LogP contribution in [0.3, 0.4) is 0 Å². The molecule has 0 radical (unpaired) electrons. The molecule has 1 saturated carbocycles. The van der Waals surface area contributed by atoms with Crippen molar-refractivity contribution in [2.24, 2.45) is 5.92 Å². The number of hydrogen-bond acceptors (Lipinski definition) is 10. The molecule has 0 bridgehead atoms. The number of aromatic nitrogens is 4. The molecule has 226 valence electrons. The molecule has 4 atom stereocenters. The molecule has 3 aliphatic rings. The van der Waals surface area contributed by atoms with Gasteiger partial charge in [-0.25, -0.2) is 19.7 Å². The van der Waals surface area contributed by atoms with Crippen molar-refractivity contribution in [2.75, 3.05) is 18.8 Å². The van der Waals surface area contributed by atoms with Crippen LogP contribution in [-0.2, 0) is 9.53 Å². The number of piperidine rings is 1. The van der Waals surface area contributed by atoms with Gasteiger partial charge in [0.2, 0.25) is 5.82 Å². The summed E-state index contributed by atoms with van der Waals surface area (Å²) in [6.07, 6.45) is -0.150. The number of nitrogens with two attached hydrogens (primary N) is 1. The lowest BCUT2D eigenvalue weighted by Crippen LogP contribution is -2.43. The van der Waals surface area contributed by atoms with Gasteiger partial charge in [-0.05, 0) is 74.6 Å². The van der Waals surface area contributed by atoms with Crippen LogP contribution in [-0.4, -0.2) is 84.1 Å². The molecular formula is C30H35N7O6. The number of nitrogens with zero attached hydrogens (tertiary/aromatic N) is 5. The maximum absolute atomic E-state index is 12.6. The van der Waals surface area contributed by atoms with Crippen LogP contribution in [0.15, 0.2) is 24.5 Å². The van der Waals surface area contributed by atoms with Gasteiger partial charge in [-0.3, -0.25) is 9.36 Å². The molecule has 13 heteroatoms. The van der Waals surface area contributed by atoms with Crippen LogP contribution in [0.25, 0.3) is 11.2 Å². The molecule has 0 unspecified atom stereocenters. The molecule has 4 heterocycles. The maximum atomic E-state index is 12.6. The molecule has 13 nitrogen and oxygen atoms in total. The van der Waals surface area contributed by atoms with E-state index in [1.807, 2.05) is 26.0 Å². The normalized spacial score (nSPS) is 24.0. The number of carbonyl (C=O) groups is 2. The van der Waals surface area contributed by atoms with Gasteiger partial charge in [-0.1, -0.05) is 12.0 Å². The van der Waals surface area contributed by atoms with E-state index in [4.69, 9.17) is 15.2 Å². The predicted molar refractivity (Wildman–Crippen MR) is 155 cm³/mol. The Hall–Kier alpha value is -4.25. The summed E-state index contributed by atoms with van der Waals surface area (Å²) in [6.45, 7) is 5.16. The summed E-state index contributed by atoms with van der Waals surface area (Å²) in [4.78, 5) is 39.9. The Bertz CT molecular complexity index is 1600. The highest BCUT2D eigenvalue weighted by atomic mass is 16.6. The number of anilines is 1. The predicted octanol–water partition coefficient (Wildman–Crippen LogP) is 1.58. The summed E-state index contributed by atoms with van der Waals surface area (Å²) < 4.78 is 12.8. The molecule has 2 amide bonds. The number of nitrogen functional groups attached to an aromatic ring is 1. The third-order valence-corrected chi connectivity index (χ3v) is 8.29. The minimum absolute atomic E-state index is 0.0831. The average Bonchev–Trinajstić information content (AvgIpc) is 3.62. The monoisotopic (exact) mass is 589 g/mol. The van der Waals surface area contributed by atoms with Gasteiger partial charge in [0.25, 0.3) is 5.91 Å². The number of likely N-dealkylation sites (tertiary alicyclic amines) is 1. The Balaban J connectivity index is 1.07. The van der Waals surface area contributed by atoms with Crippen molar-refractivity contribution in [3.05, 3.63) is 41.5 Å². The lowest BCUT2D eigenvalue weighted by molar-refractivity contribution is -0.137. The zero-order valence-electron chi connectivity index (χ0n) is 24.1. The van der Waals surface area contributed by atoms with Gasteiger partial charge < -0.3 is 35.6 Å². The van der Waals surface area contributed by atoms with E-state index < -0.39 is 30.4 Å². The van der Waals surface area contributed by atoms with Crippen molar-refractivity contribution < 1.29 is 29.3 Å². The summed E-state index contributed by atoms with van der Waals surface area (Å²) in [5, 5.41) is 24.0. The lowest BCUT2D eigenvalue weighted by Gasteiger charge is -2.30. The molecule has 43 heavy (non-hydrogen) atoms. The summed E-state index contributed by atoms with van der Waals surface area (Å²) >= 11 is 0. The first-order valence-electron chi connectivity index (χ1n) is 14.5. The highest BCUT2D eigenvalue weighted by molar-refractivity contribution is 5.83.